The number of fused-ring (bicyclic) bond motifs is 1. The molecular formula is C26H31ClN2O4. The number of nitrogens with zero attached hydrogens (tertiary/aromatic N) is 1. The molecule has 2 aromatic rings. The van der Waals surface area contributed by atoms with E-state index in [1.54, 1.807) is 11.0 Å². The molecule has 2 aromatic carbocycles. The van der Waals surface area contributed by atoms with E-state index in [1.165, 1.54) is 0 Å². The molecule has 33 heavy (non-hydrogen) atoms. The van der Waals surface area contributed by atoms with Gasteiger partial charge in [0, 0.05) is 23.7 Å². The number of hydrogen-bond acceptors (Lipinski definition) is 5. The van der Waals surface area contributed by atoms with E-state index in [1.807, 2.05) is 58.0 Å². The summed E-state index contributed by atoms with van der Waals surface area (Å²) in [6, 6.07) is 11.0. The normalized spacial score (nSPS) is 20.3. The van der Waals surface area contributed by atoms with E-state index in [2.05, 4.69) is 5.32 Å². The van der Waals surface area contributed by atoms with E-state index in [0.717, 1.165) is 41.5 Å². The van der Waals surface area contributed by atoms with E-state index < -0.39 is 11.8 Å². The third kappa shape index (κ3) is 5.17. The van der Waals surface area contributed by atoms with Crippen molar-refractivity contribution < 1.29 is 19.1 Å². The van der Waals surface area contributed by atoms with Gasteiger partial charge in [0.05, 0.1) is 11.6 Å². The first-order valence-corrected chi connectivity index (χ1v) is 11.8. The molecule has 2 atom stereocenters. The first-order chi connectivity index (χ1) is 15.6. The molecule has 7 heteroatoms. The van der Waals surface area contributed by atoms with Gasteiger partial charge in [0.15, 0.2) is 6.23 Å². The zero-order chi connectivity index (χ0) is 23.8. The standard InChI is InChI=1S/C26H31ClN2O4/c1-16-8-5-6-9-19(16)24(30)32-23-22-17(11-12-28-23)14-18(27)15-20(22)21-10-7-13-29(21)25(31)33-26(2,3)4/h5-6,8-9,14-15,21,23,28H,7,10-13H2,1-4H3/t21?,23-/m0/s1. The number of benzene rings is 2. The highest BCUT2D eigenvalue weighted by molar-refractivity contribution is 6.30. The van der Waals surface area contributed by atoms with Gasteiger partial charge in [0.25, 0.3) is 0 Å². The van der Waals surface area contributed by atoms with Crippen LogP contribution in [0.1, 0.15) is 78.5 Å². The molecule has 1 unspecified atom stereocenters. The number of hydrogen-bond donors (Lipinski definition) is 1. The smallest absolute Gasteiger partial charge is 0.410 e. The lowest BCUT2D eigenvalue weighted by molar-refractivity contribution is 0.0156. The van der Waals surface area contributed by atoms with Crippen LogP contribution in [-0.2, 0) is 15.9 Å². The fraction of sp³-hybridized carbons (Fsp3) is 0.462. The van der Waals surface area contributed by atoms with Crippen molar-refractivity contribution in [1.82, 2.24) is 10.2 Å². The molecule has 2 aliphatic rings. The molecule has 1 N–H and O–H groups in total. The molecule has 2 aliphatic heterocycles. The lowest BCUT2D eigenvalue weighted by Gasteiger charge is -2.34. The molecule has 1 fully saturated rings. The predicted molar refractivity (Wildman–Crippen MR) is 127 cm³/mol. The minimum absolute atomic E-state index is 0.188. The van der Waals surface area contributed by atoms with E-state index in [4.69, 9.17) is 21.1 Å². The van der Waals surface area contributed by atoms with Gasteiger partial charge < -0.3 is 14.4 Å². The van der Waals surface area contributed by atoms with Crippen molar-refractivity contribution in [2.45, 2.75) is 64.8 Å². The summed E-state index contributed by atoms with van der Waals surface area (Å²) in [4.78, 5) is 27.7. The van der Waals surface area contributed by atoms with Crippen molar-refractivity contribution in [3.05, 3.63) is 69.2 Å². The van der Waals surface area contributed by atoms with Crippen molar-refractivity contribution in [3.63, 3.8) is 0 Å². The zero-order valence-electron chi connectivity index (χ0n) is 19.6. The Balaban J connectivity index is 1.68. The Hall–Kier alpha value is -2.57. The highest BCUT2D eigenvalue weighted by Gasteiger charge is 2.37. The lowest BCUT2D eigenvalue weighted by Crippen LogP contribution is -2.38. The Morgan fingerprint density at radius 1 is 1.18 bits per heavy atom. The maximum absolute atomic E-state index is 13.0. The molecule has 0 spiro atoms. The highest BCUT2D eigenvalue weighted by atomic mass is 35.5. The lowest BCUT2D eigenvalue weighted by atomic mass is 9.89. The molecule has 1 amide bonds. The summed E-state index contributed by atoms with van der Waals surface area (Å²) >= 11 is 6.50. The fourth-order valence-corrected chi connectivity index (χ4v) is 4.89. The van der Waals surface area contributed by atoms with Gasteiger partial charge in [0.2, 0.25) is 0 Å². The van der Waals surface area contributed by atoms with Crippen LogP contribution in [0, 0.1) is 6.92 Å². The average Bonchev–Trinajstić information content (AvgIpc) is 3.22. The van der Waals surface area contributed by atoms with Crippen LogP contribution in [0.15, 0.2) is 36.4 Å². The Bertz CT molecular complexity index is 1060. The number of amides is 1. The van der Waals surface area contributed by atoms with E-state index >= 15 is 0 Å². The minimum atomic E-state index is -0.616. The Morgan fingerprint density at radius 3 is 2.67 bits per heavy atom. The third-order valence-corrected chi connectivity index (χ3v) is 6.30. The number of aryl methyl sites for hydroxylation is 1. The van der Waals surface area contributed by atoms with E-state index in [-0.39, 0.29) is 18.1 Å². The molecule has 6 nitrogen and oxygen atoms in total. The van der Waals surface area contributed by atoms with Gasteiger partial charge >= 0.3 is 12.1 Å². The number of rotatable bonds is 3. The van der Waals surface area contributed by atoms with Crippen molar-refractivity contribution in [2.75, 3.05) is 13.1 Å². The zero-order valence-corrected chi connectivity index (χ0v) is 20.4. The number of nitrogens with one attached hydrogen (secondary N) is 1. The maximum atomic E-state index is 13.0. The first kappa shape index (κ1) is 23.6. The van der Waals surface area contributed by atoms with Gasteiger partial charge in [-0.2, -0.15) is 0 Å². The fourth-order valence-electron chi connectivity index (χ4n) is 4.64. The summed E-state index contributed by atoms with van der Waals surface area (Å²) in [5.74, 6) is -0.380. The van der Waals surface area contributed by atoms with Crippen LogP contribution in [0.25, 0.3) is 0 Å². The summed E-state index contributed by atoms with van der Waals surface area (Å²) < 4.78 is 11.6. The number of esters is 1. The van der Waals surface area contributed by atoms with Crippen LogP contribution in [0.3, 0.4) is 0 Å². The van der Waals surface area contributed by atoms with Crippen molar-refractivity contribution in [3.8, 4) is 0 Å². The molecule has 0 radical (unpaired) electrons. The summed E-state index contributed by atoms with van der Waals surface area (Å²) in [6.45, 7) is 8.76. The SMILES string of the molecule is Cc1ccccc1C(=O)O[C@@H]1NCCc2cc(Cl)cc(C3CCCN3C(=O)OC(C)(C)C)c21. The Kier molecular flexibility index (Phi) is 6.68. The summed E-state index contributed by atoms with van der Waals surface area (Å²) in [6.07, 6.45) is 1.47. The molecule has 0 aromatic heterocycles. The molecule has 2 heterocycles. The van der Waals surface area contributed by atoms with Gasteiger partial charge in [-0.1, -0.05) is 29.8 Å². The number of ether oxygens (including phenoxy) is 2. The van der Waals surface area contributed by atoms with Crippen LogP contribution in [-0.4, -0.2) is 35.7 Å². The van der Waals surface area contributed by atoms with Crippen LogP contribution >= 0.6 is 11.6 Å². The van der Waals surface area contributed by atoms with Crippen molar-refractivity contribution in [2.24, 2.45) is 0 Å². The number of likely N-dealkylation sites (tertiary alicyclic amines) is 1. The monoisotopic (exact) mass is 470 g/mol. The molecular weight excluding hydrogens is 440 g/mol. The quantitative estimate of drug-likeness (QED) is 0.581. The Labute approximate surface area is 200 Å². The molecule has 176 valence electrons. The second kappa shape index (κ2) is 9.35. The number of halogens is 1. The second-order valence-electron chi connectivity index (χ2n) is 9.70. The average molecular weight is 471 g/mol. The van der Waals surface area contributed by atoms with Gasteiger partial charge in [-0.3, -0.25) is 5.32 Å². The van der Waals surface area contributed by atoms with Crippen LogP contribution < -0.4 is 5.32 Å². The minimum Gasteiger partial charge on any atom is -0.444 e. The second-order valence-corrected chi connectivity index (χ2v) is 10.1. The summed E-state index contributed by atoms with van der Waals surface area (Å²) in [7, 11) is 0. The Morgan fingerprint density at radius 2 is 1.94 bits per heavy atom. The van der Waals surface area contributed by atoms with Crippen LogP contribution in [0.4, 0.5) is 4.79 Å². The van der Waals surface area contributed by atoms with Crippen molar-refractivity contribution in [1.29, 1.82) is 0 Å². The predicted octanol–water partition coefficient (Wildman–Crippen LogP) is 5.72. The molecule has 4 rings (SSSR count). The van der Waals surface area contributed by atoms with E-state index in [0.29, 0.717) is 23.7 Å². The molecule has 1 saturated heterocycles. The molecule has 0 aliphatic carbocycles. The van der Waals surface area contributed by atoms with Gasteiger partial charge in [-0.05, 0) is 81.8 Å². The topological polar surface area (TPSA) is 67.9 Å². The van der Waals surface area contributed by atoms with Gasteiger partial charge in [-0.15, -0.1) is 0 Å². The van der Waals surface area contributed by atoms with Crippen molar-refractivity contribution >= 4 is 23.7 Å². The summed E-state index contributed by atoms with van der Waals surface area (Å²) in [5.41, 5.74) is 3.67. The first-order valence-electron chi connectivity index (χ1n) is 11.5. The van der Waals surface area contributed by atoms with Gasteiger partial charge in [-0.25, -0.2) is 9.59 Å². The van der Waals surface area contributed by atoms with Crippen LogP contribution in [0.2, 0.25) is 5.02 Å². The van der Waals surface area contributed by atoms with E-state index in [9.17, 15) is 9.59 Å². The number of carbonyl (C=O) groups excluding carboxylic acids is 2. The van der Waals surface area contributed by atoms with Crippen LogP contribution in [0.5, 0.6) is 0 Å². The molecule has 0 saturated carbocycles. The molecule has 0 bridgehead atoms. The maximum Gasteiger partial charge on any atom is 0.410 e. The third-order valence-electron chi connectivity index (χ3n) is 6.08. The number of carbonyl (C=O) groups is 2. The van der Waals surface area contributed by atoms with Gasteiger partial charge in [0.1, 0.15) is 5.60 Å². The summed E-state index contributed by atoms with van der Waals surface area (Å²) in [5, 5.41) is 3.96. The largest absolute Gasteiger partial charge is 0.444 e. The highest BCUT2D eigenvalue weighted by Crippen LogP contribution is 2.41.